The molecule has 2 aliphatic rings. The number of rotatable bonds is 9. The average molecular weight is 571 g/mol. The van der Waals surface area contributed by atoms with E-state index in [4.69, 9.17) is 9.47 Å². The molecule has 2 aliphatic heterocycles. The normalized spacial score (nSPS) is 17.9. The molecule has 4 aromatic rings. The number of carboxylic acids is 1. The number of hydrogen-bond acceptors (Lipinski definition) is 8. The first-order valence-corrected chi connectivity index (χ1v) is 14.0. The van der Waals surface area contributed by atoms with Gasteiger partial charge in [-0.1, -0.05) is 42.5 Å². The maximum absolute atomic E-state index is 12.6. The highest BCUT2D eigenvalue weighted by molar-refractivity contribution is 8.00. The van der Waals surface area contributed by atoms with Crippen LogP contribution in [0.5, 0.6) is 11.5 Å². The number of fused-ring (bicyclic) bond motifs is 2. The zero-order valence-electron chi connectivity index (χ0n) is 21.8. The lowest BCUT2D eigenvalue weighted by Crippen LogP contribution is -2.67. The van der Waals surface area contributed by atoms with Gasteiger partial charge in [0.25, 0.3) is 11.5 Å². The number of aliphatic carboxylic acids is 1. The second-order valence-electron chi connectivity index (χ2n) is 9.60. The number of aromatic amines is 1. The Kier molecular flexibility index (Phi) is 7.34. The monoisotopic (exact) mass is 570 g/mol. The Labute approximate surface area is 239 Å². The van der Waals surface area contributed by atoms with Crippen LogP contribution in [0.4, 0.5) is 0 Å². The topological polar surface area (TPSA) is 134 Å². The van der Waals surface area contributed by atoms with Crippen molar-refractivity contribution in [1.29, 1.82) is 0 Å². The minimum absolute atomic E-state index is 0.0502. The zero-order valence-corrected chi connectivity index (χ0v) is 22.6. The van der Waals surface area contributed by atoms with Crippen LogP contribution in [-0.2, 0) is 9.59 Å². The molecule has 0 bridgehead atoms. The van der Waals surface area contributed by atoms with E-state index in [1.807, 2.05) is 30.3 Å². The van der Waals surface area contributed by atoms with Crippen LogP contribution in [0.15, 0.2) is 94.9 Å². The summed E-state index contributed by atoms with van der Waals surface area (Å²) in [7, 11) is 0. The SMILES string of the molecule is O=C(COc1ccccc1)NC1CN2C(C(=O)O)=C(COc3ccccc3-c3nc4ccccc4c(=O)[nH]3)CSC12. The van der Waals surface area contributed by atoms with E-state index >= 15 is 0 Å². The first kappa shape index (κ1) is 26.5. The molecule has 41 heavy (non-hydrogen) atoms. The molecule has 0 aliphatic carbocycles. The Hall–Kier alpha value is -4.77. The van der Waals surface area contributed by atoms with Crippen LogP contribution in [-0.4, -0.2) is 68.8 Å². The second kappa shape index (κ2) is 11.4. The van der Waals surface area contributed by atoms with E-state index in [9.17, 15) is 19.5 Å². The summed E-state index contributed by atoms with van der Waals surface area (Å²) < 4.78 is 11.6. The van der Waals surface area contributed by atoms with Gasteiger partial charge in [-0.25, -0.2) is 9.78 Å². The average Bonchev–Trinajstić information content (AvgIpc) is 2.98. The highest BCUT2D eigenvalue weighted by Gasteiger charge is 2.46. The third-order valence-corrected chi connectivity index (χ3v) is 8.35. The van der Waals surface area contributed by atoms with Crippen molar-refractivity contribution in [3.05, 3.63) is 100 Å². The summed E-state index contributed by atoms with van der Waals surface area (Å²) in [6.07, 6.45) is 0. The number of carbonyl (C=O) groups is 2. The van der Waals surface area contributed by atoms with Crippen molar-refractivity contribution in [3.8, 4) is 22.9 Å². The Bertz CT molecular complexity index is 1710. The molecule has 11 heteroatoms. The number of hydrogen-bond donors (Lipinski definition) is 3. The van der Waals surface area contributed by atoms with Gasteiger partial charge in [0.1, 0.15) is 29.6 Å². The minimum atomic E-state index is -1.04. The number of para-hydroxylation sites is 3. The first-order valence-electron chi connectivity index (χ1n) is 13.0. The molecule has 208 valence electrons. The molecule has 1 amide bonds. The predicted molar refractivity (Wildman–Crippen MR) is 155 cm³/mol. The van der Waals surface area contributed by atoms with Crippen molar-refractivity contribution in [2.75, 3.05) is 25.5 Å². The molecule has 1 fully saturated rings. The van der Waals surface area contributed by atoms with Crippen molar-refractivity contribution >= 4 is 34.5 Å². The predicted octanol–water partition coefficient (Wildman–Crippen LogP) is 3.26. The van der Waals surface area contributed by atoms with E-state index in [1.54, 1.807) is 65.2 Å². The van der Waals surface area contributed by atoms with Crippen LogP contribution >= 0.6 is 11.8 Å². The van der Waals surface area contributed by atoms with Crippen LogP contribution < -0.4 is 20.3 Å². The fourth-order valence-electron chi connectivity index (χ4n) is 4.95. The van der Waals surface area contributed by atoms with Gasteiger partial charge >= 0.3 is 5.97 Å². The van der Waals surface area contributed by atoms with Gasteiger partial charge < -0.3 is 29.8 Å². The molecule has 1 saturated heterocycles. The number of H-pyrrole nitrogens is 1. The summed E-state index contributed by atoms with van der Waals surface area (Å²) in [6, 6.07) is 23.2. The Balaban J connectivity index is 1.14. The van der Waals surface area contributed by atoms with Crippen molar-refractivity contribution in [2.24, 2.45) is 0 Å². The van der Waals surface area contributed by atoms with Crippen molar-refractivity contribution in [1.82, 2.24) is 20.2 Å². The number of thioether (sulfide) groups is 1. The van der Waals surface area contributed by atoms with Crippen LogP contribution in [0.1, 0.15) is 0 Å². The van der Waals surface area contributed by atoms with Crippen molar-refractivity contribution in [2.45, 2.75) is 11.4 Å². The van der Waals surface area contributed by atoms with Gasteiger partial charge in [0.05, 0.1) is 27.9 Å². The van der Waals surface area contributed by atoms with Gasteiger partial charge in [0.2, 0.25) is 0 Å². The smallest absolute Gasteiger partial charge is 0.352 e. The van der Waals surface area contributed by atoms with Gasteiger partial charge in [0.15, 0.2) is 6.61 Å². The summed E-state index contributed by atoms with van der Waals surface area (Å²) in [5.41, 5.74) is 1.73. The minimum Gasteiger partial charge on any atom is -0.488 e. The molecule has 1 aromatic heterocycles. The summed E-state index contributed by atoms with van der Waals surface area (Å²) in [5.74, 6) is 0.582. The Morgan fingerprint density at radius 3 is 2.61 bits per heavy atom. The summed E-state index contributed by atoms with van der Waals surface area (Å²) in [5, 5.41) is 13.3. The van der Waals surface area contributed by atoms with E-state index in [0.717, 1.165) is 0 Å². The maximum Gasteiger partial charge on any atom is 0.352 e. The summed E-state index contributed by atoms with van der Waals surface area (Å²) in [4.78, 5) is 46.6. The zero-order chi connectivity index (χ0) is 28.3. The third-order valence-electron chi connectivity index (χ3n) is 6.91. The first-order chi connectivity index (χ1) is 20.0. The van der Waals surface area contributed by atoms with Crippen LogP contribution in [0.2, 0.25) is 0 Å². The third kappa shape index (κ3) is 5.48. The number of ether oxygens (including phenoxy) is 2. The molecule has 0 radical (unpaired) electrons. The molecular weight excluding hydrogens is 544 g/mol. The van der Waals surface area contributed by atoms with Crippen LogP contribution in [0.25, 0.3) is 22.3 Å². The number of nitrogens with one attached hydrogen (secondary N) is 2. The second-order valence-corrected chi connectivity index (χ2v) is 10.7. The summed E-state index contributed by atoms with van der Waals surface area (Å²) >= 11 is 1.56. The summed E-state index contributed by atoms with van der Waals surface area (Å²) in [6.45, 7) is 0.308. The lowest BCUT2D eigenvalue weighted by molar-refractivity contribution is -0.135. The van der Waals surface area contributed by atoms with Gasteiger partial charge in [0, 0.05) is 17.9 Å². The lowest BCUT2D eigenvalue weighted by Gasteiger charge is -2.51. The molecule has 2 unspecified atom stereocenters. The number of amides is 1. The molecule has 3 N–H and O–H groups in total. The number of nitrogens with zero attached hydrogens (tertiary/aromatic N) is 2. The van der Waals surface area contributed by atoms with E-state index in [1.165, 1.54) is 0 Å². The fourth-order valence-corrected chi connectivity index (χ4v) is 6.30. The van der Waals surface area contributed by atoms with Crippen LogP contribution in [0.3, 0.4) is 0 Å². The molecule has 0 saturated carbocycles. The molecular formula is C30H26N4O6S. The quantitative estimate of drug-likeness (QED) is 0.277. The molecule has 6 rings (SSSR count). The number of carboxylic acid groups (broad SMARTS) is 1. The highest BCUT2D eigenvalue weighted by atomic mass is 32.2. The van der Waals surface area contributed by atoms with E-state index < -0.39 is 5.97 Å². The van der Waals surface area contributed by atoms with E-state index in [-0.39, 0.29) is 41.8 Å². The van der Waals surface area contributed by atoms with Crippen molar-refractivity contribution in [3.63, 3.8) is 0 Å². The molecule has 0 spiro atoms. The highest BCUT2D eigenvalue weighted by Crippen LogP contribution is 2.40. The molecule has 2 atom stereocenters. The van der Waals surface area contributed by atoms with Gasteiger partial charge in [-0.05, 0) is 36.4 Å². The standard InChI is InChI=1S/C30H26N4O6S/c35-25(16-39-19-8-2-1-3-9-19)31-23-14-34-26(30(37)38)18(17-41-29(23)34)15-40-24-13-7-5-11-21(24)27-32-22-12-6-4-10-20(22)28(36)33-27/h1-13,23,29H,14-17H2,(H,31,35)(H,37,38)(H,32,33,36). The number of benzene rings is 3. The molecule has 3 heterocycles. The van der Waals surface area contributed by atoms with Crippen molar-refractivity contribution < 1.29 is 24.2 Å². The van der Waals surface area contributed by atoms with Gasteiger partial charge in [-0.3, -0.25) is 9.59 Å². The Morgan fingerprint density at radius 2 is 1.78 bits per heavy atom. The van der Waals surface area contributed by atoms with E-state index in [0.29, 0.717) is 51.7 Å². The van der Waals surface area contributed by atoms with Gasteiger partial charge in [-0.15, -0.1) is 11.8 Å². The number of aromatic nitrogens is 2. The molecule has 3 aromatic carbocycles. The molecule has 10 nitrogen and oxygen atoms in total. The van der Waals surface area contributed by atoms with Gasteiger partial charge in [-0.2, -0.15) is 0 Å². The Morgan fingerprint density at radius 1 is 1.02 bits per heavy atom. The lowest BCUT2D eigenvalue weighted by atomic mass is 10.0. The number of carbonyl (C=O) groups excluding carboxylic acids is 1. The fraction of sp³-hybridized carbons (Fsp3) is 0.200. The van der Waals surface area contributed by atoms with Crippen LogP contribution in [0, 0.1) is 0 Å². The maximum atomic E-state index is 12.6. The van der Waals surface area contributed by atoms with E-state index in [2.05, 4.69) is 15.3 Å². The largest absolute Gasteiger partial charge is 0.488 e.